The minimum atomic E-state index is -0.439. The van der Waals surface area contributed by atoms with Gasteiger partial charge in [0, 0.05) is 31.0 Å². The Morgan fingerprint density at radius 3 is 2.33 bits per heavy atom. The lowest BCUT2D eigenvalue weighted by Crippen LogP contribution is -2.46. The largest absolute Gasteiger partial charge is 0.484 e. The van der Waals surface area contributed by atoms with Crippen LogP contribution in [0.3, 0.4) is 0 Å². The van der Waals surface area contributed by atoms with Gasteiger partial charge in [-0.1, -0.05) is 81.3 Å². The fourth-order valence-electron chi connectivity index (χ4n) is 6.71. The number of carbonyl (C=O) groups excluding carboxylic acids is 3. The molecule has 4 aromatic carbocycles. The summed E-state index contributed by atoms with van der Waals surface area (Å²) in [6, 6.07) is 27.9. The maximum atomic E-state index is 14.6. The molecule has 270 valence electrons. The number of aliphatic hydroxyl groups excluding tert-OH is 1. The molecule has 0 aliphatic carbocycles. The number of aryl methyl sites for hydroxylation is 1. The summed E-state index contributed by atoms with van der Waals surface area (Å²) in [5.74, 6) is -0.271. The molecule has 1 aliphatic heterocycles. The van der Waals surface area contributed by atoms with Gasteiger partial charge in [0.05, 0.1) is 23.9 Å². The number of ether oxygens (including phenoxy) is 1. The monoisotopic (exact) mass is 701 g/mol. The van der Waals surface area contributed by atoms with Crippen molar-refractivity contribution < 1.29 is 24.2 Å². The summed E-state index contributed by atoms with van der Waals surface area (Å²) in [6.07, 6.45) is 4.27. The number of nitrogens with zero attached hydrogens (tertiary/aromatic N) is 4. The van der Waals surface area contributed by atoms with Crippen LogP contribution in [0, 0.1) is 6.92 Å². The van der Waals surface area contributed by atoms with Gasteiger partial charge in [-0.05, 0) is 84.5 Å². The van der Waals surface area contributed by atoms with Crippen LogP contribution >= 0.6 is 0 Å². The topological polar surface area (TPSA) is 117 Å². The lowest BCUT2D eigenvalue weighted by Gasteiger charge is -2.36. The van der Waals surface area contributed by atoms with Gasteiger partial charge in [-0.2, -0.15) is 5.10 Å². The van der Waals surface area contributed by atoms with Gasteiger partial charge in [-0.15, -0.1) is 0 Å². The molecule has 2 heterocycles. The first-order valence-corrected chi connectivity index (χ1v) is 18.2. The average molecular weight is 702 g/mol. The van der Waals surface area contributed by atoms with Crippen molar-refractivity contribution in [3.63, 3.8) is 0 Å². The van der Waals surface area contributed by atoms with Crippen molar-refractivity contribution in [1.29, 1.82) is 0 Å². The SMILES string of the molecule is CCCCN(CCCC)C(=O)c1cc(C)n(-c2ccc(NC(=O)COc3ccc4ccccc4c3)cc2C(=O)N2Cc3ccccc3CC2CO)n1. The summed E-state index contributed by atoms with van der Waals surface area (Å²) in [7, 11) is 0. The number of nitrogens with one attached hydrogen (secondary N) is 1. The Kier molecular flexibility index (Phi) is 11.7. The minimum absolute atomic E-state index is 0.139. The third-order valence-corrected chi connectivity index (χ3v) is 9.61. The van der Waals surface area contributed by atoms with Crippen molar-refractivity contribution in [2.24, 2.45) is 0 Å². The Balaban J connectivity index is 1.30. The number of amides is 3. The molecule has 52 heavy (non-hydrogen) atoms. The Hall–Kier alpha value is -5.48. The van der Waals surface area contributed by atoms with E-state index in [4.69, 9.17) is 9.84 Å². The Labute approximate surface area is 305 Å². The van der Waals surface area contributed by atoms with E-state index < -0.39 is 6.04 Å². The van der Waals surface area contributed by atoms with Crippen molar-refractivity contribution >= 4 is 34.2 Å². The van der Waals surface area contributed by atoms with Crippen molar-refractivity contribution in [2.45, 2.75) is 65.5 Å². The van der Waals surface area contributed by atoms with Gasteiger partial charge in [0.15, 0.2) is 12.3 Å². The predicted molar refractivity (Wildman–Crippen MR) is 203 cm³/mol. The van der Waals surface area contributed by atoms with E-state index in [9.17, 15) is 19.5 Å². The number of hydrogen-bond acceptors (Lipinski definition) is 6. The highest BCUT2D eigenvalue weighted by Crippen LogP contribution is 2.29. The Bertz CT molecular complexity index is 2050. The maximum Gasteiger partial charge on any atom is 0.274 e. The number of unbranched alkanes of at least 4 members (excludes halogenated alkanes) is 2. The molecule has 1 aromatic heterocycles. The van der Waals surface area contributed by atoms with E-state index in [0.717, 1.165) is 47.6 Å². The molecule has 0 saturated carbocycles. The van der Waals surface area contributed by atoms with Crippen LogP contribution in [0.25, 0.3) is 16.5 Å². The molecule has 5 aromatic rings. The molecule has 0 bridgehead atoms. The maximum absolute atomic E-state index is 14.6. The highest BCUT2D eigenvalue weighted by atomic mass is 16.5. The third-order valence-electron chi connectivity index (χ3n) is 9.61. The van der Waals surface area contributed by atoms with Gasteiger partial charge in [-0.3, -0.25) is 14.4 Å². The number of aromatic nitrogens is 2. The van der Waals surface area contributed by atoms with Crippen molar-refractivity contribution in [2.75, 3.05) is 31.6 Å². The van der Waals surface area contributed by atoms with Gasteiger partial charge in [0.2, 0.25) is 0 Å². The van der Waals surface area contributed by atoms with Crippen LogP contribution in [-0.2, 0) is 17.8 Å². The molecular formula is C42H47N5O5. The Morgan fingerprint density at radius 2 is 1.60 bits per heavy atom. The summed E-state index contributed by atoms with van der Waals surface area (Å²) in [6.45, 7) is 7.26. The van der Waals surface area contributed by atoms with Crippen molar-refractivity contribution in [1.82, 2.24) is 19.6 Å². The number of rotatable bonds is 14. The molecule has 6 rings (SSSR count). The number of fused-ring (bicyclic) bond motifs is 2. The molecule has 0 fully saturated rings. The molecule has 1 aliphatic rings. The first-order chi connectivity index (χ1) is 25.3. The predicted octanol–water partition coefficient (Wildman–Crippen LogP) is 6.95. The molecule has 10 nitrogen and oxygen atoms in total. The van der Waals surface area contributed by atoms with Crippen LogP contribution in [0.15, 0.2) is 91.0 Å². The average Bonchev–Trinajstić information content (AvgIpc) is 3.56. The van der Waals surface area contributed by atoms with Crippen LogP contribution < -0.4 is 10.1 Å². The van der Waals surface area contributed by atoms with E-state index in [1.807, 2.05) is 78.6 Å². The second-order valence-corrected chi connectivity index (χ2v) is 13.4. The fraction of sp³-hybridized carbons (Fsp3) is 0.333. The molecule has 2 N–H and O–H groups in total. The zero-order chi connectivity index (χ0) is 36.6. The minimum Gasteiger partial charge on any atom is -0.484 e. The lowest BCUT2D eigenvalue weighted by molar-refractivity contribution is -0.118. The van der Waals surface area contributed by atoms with Gasteiger partial charge in [0.25, 0.3) is 17.7 Å². The van der Waals surface area contributed by atoms with Gasteiger partial charge >= 0.3 is 0 Å². The highest BCUT2D eigenvalue weighted by Gasteiger charge is 2.32. The number of benzene rings is 4. The van der Waals surface area contributed by atoms with E-state index >= 15 is 0 Å². The molecule has 1 unspecified atom stereocenters. The fourth-order valence-corrected chi connectivity index (χ4v) is 6.71. The van der Waals surface area contributed by atoms with Crippen LogP contribution in [0.4, 0.5) is 5.69 Å². The first-order valence-electron chi connectivity index (χ1n) is 18.2. The quantitative estimate of drug-likeness (QED) is 0.129. The van der Waals surface area contributed by atoms with Gasteiger partial charge in [-0.25, -0.2) is 4.68 Å². The number of aliphatic hydroxyl groups is 1. The summed E-state index contributed by atoms with van der Waals surface area (Å²) in [5, 5.41) is 20.1. The van der Waals surface area contributed by atoms with E-state index in [1.165, 1.54) is 0 Å². The smallest absolute Gasteiger partial charge is 0.274 e. The zero-order valence-electron chi connectivity index (χ0n) is 30.2. The normalized spacial score (nSPS) is 13.8. The van der Waals surface area contributed by atoms with E-state index in [0.29, 0.717) is 54.6 Å². The third kappa shape index (κ3) is 8.18. The summed E-state index contributed by atoms with van der Waals surface area (Å²) < 4.78 is 7.44. The van der Waals surface area contributed by atoms with Crippen molar-refractivity contribution in [3.8, 4) is 11.4 Å². The second kappa shape index (κ2) is 16.7. The molecule has 0 saturated heterocycles. The number of hydrogen-bond donors (Lipinski definition) is 2. The van der Waals surface area contributed by atoms with Crippen molar-refractivity contribution in [3.05, 3.63) is 119 Å². The summed E-state index contributed by atoms with van der Waals surface area (Å²) >= 11 is 0. The molecule has 10 heteroatoms. The standard InChI is InChI=1S/C42H47N5O5/c1-4-6-20-45(21-7-5-2)42(51)38-22-29(3)47(44-38)39-19-17-34(43-40(49)28-52-36-18-16-30-12-8-9-14-32(30)24-36)25-37(39)41(50)46-26-33-15-11-10-13-31(33)23-35(46)27-48/h8-19,22,24-25,35,48H,4-7,20-21,23,26-28H2,1-3H3,(H,43,49). The zero-order valence-corrected chi connectivity index (χ0v) is 30.2. The van der Waals surface area contributed by atoms with E-state index in [-0.39, 0.29) is 36.5 Å². The molecule has 1 atom stereocenters. The van der Waals surface area contributed by atoms with Gasteiger partial charge in [0.1, 0.15) is 5.75 Å². The Morgan fingerprint density at radius 1 is 0.885 bits per heavy atom. The molecule has 0 radical (unpaired) electrons. The second-order valence-electron chi connectivity index (χ2n) is 13.4. The van der Waals surface area contributed by atoms with Crippen LogP contribution in [0.5, 0.6) is 5.75 Å². The van der Waals surface area contributed by atoms with Crippen LogP contribution in [0.2, 0.25) is 0 Å². The molecule has 0 spiro atoms. The van der Waals surface area contributed by atoms with E-state index in [1.54, 1.807) is 33.8 Å². The summed E-state index contributed by atoms with van der Waals surface area (Å²) in [5.41, 5.74) is 4.27. The van der Waals surface area contributed by atoms with Crippen LogP contribution in [0.1, 0.15) is 77.2 Å². The molecule has 3 amide bonds. The molecular weight excluding hydrogens is 654 g/mol. The van der Waals surface area contributed by atoms with Gasteiger partial charge < -0.3 is 25.0 Å². The number of carbonyl (C=O) groups is 3. The van der Waals surface area contributed by atoms with E-state index in [2.05, 4.69) is 19.2 Å². The first kappa shape index (κ1) is 36.3. The highest BCUT2D eigenvalue weighted by molar-refractivity contribution is 6.01. The number of anilines is 1. The lowest BCUT2D eigenvalue weighted by atomic mass is 9.93. The van der Waals surface area contributed by atoms with Crippen LogP contribution in [-0.4, -0.2) is 74.8 Å². The summed E-state index contributed by atoms with van der Waals surface area (Å²) in [4.78, 5) is 45.0.